The predicted octanol–water partition coefficient (Wildman–Crippen LogP) is 2.35. The lowest BCUT2D eigenvalue weighted by Gasteiger charge is -2.19. The zero-order valence-corrected chi connectivity index (χ0v) is 12.3. The molecule has 7 nitrogen and oxygen atoms in total. The van der Waals surface area contributed by atoms with Crippen molar-refractivity contribution in [3.05, 3.63) is 39.9 Å². The van der Waals surface area contributed by atoms with Gasteiger partial charge in [0.15, 0.2) is 6.61 Å². The minimum absolute atomic E-state index is 0.00964. The van der Waals surface area contributed by atoms with Crippen molar-refractivity contribution < 1.29 is 14.6 Å². The second-order valence-electron chi connectivity index (χ2n) is 5.16. The second kappa shape index (κ2) is 8.11. The molecule has 7 heteroatoms. The molecule has 0 radical (unpaired) electrons. The maximum atomic E-state index is 11.9. The highest BCUT2D eigenvalue weighted by Gasteiger charge is 2.15. The number of oxime groups is 1. The van der Waals surface area contributed by atoms with Crippen molar-refractivity contribution in [2.75, 3.05) is 19.7 Å². The number of amides is 1. The Morgan fingerprint density at radius 2 is 2.05 bits per heavy atom. The highest BCUT2D eigenvalue weighted by molar-refractivity contribution is 5.80. The Morgan fingerprint density at radius 1 is 1.32 bits per heavy atom. The summed E-state index contributed by atoms with van der Waals surface area (Å²) in [5, 5.41) is 14.4. The molecule has 1 aromatic rings. The summed E-state index contributed by atoms with van der Waals surface area (Å²) in [4.78, 5) is 28.9. The van der Waals surface area contributed by atoms with Gasteiger partial charge in [0.2, 0.25) is 0 Å². The number of likely N-dealkylation sites (tertiary alicyclic amines) is 1. The van der Waals surface area contributed by atoms with Gasteiger partial charge in [-0.2, -0.15) is 0 Å². The van der Waals surface area contributed by atoms with E-state index in [1.54, 1.807) is 17.0 Å². The van der Waals surface area contributed by atoms with Crippen LogP contribution in [0.5, 0.6) is 0 Å². The normalized spacial score (nSPS) is 15.5. The molecule has 0 aliphatic carbocycles. The fourth-order valence-electron chi connectivity index (χ4n) is 2.32. The van der Waals surface area contributed by atoms with E-state index < -0.39 is 4.92 Å². The zero-order valence-electron chi connectivity index (χ0n) is 12.3. The van der Waals surface area contributed by atoms with Crippen LogP contribution in [0.4, 0.5) is 5.69 Å². The van der Waals surface area contributed by atoms with E-state index in [9.17, 15) is 14.9 Å². The fourth-order valence-corrected chi connectivity index (χ4v) is 2.32. The third-order valence-corrected chi connectivity index (χ3v) is 3.50. The monoisotopic (exact) mass is 305 g/mol. The first-order valence-electron chi connectivity index (χ1n) is 7.34. The lowest BCUT2D eigenvalue weighted by atomic mass is 10.2. The van der Waals surface area contributed by atoms with Crippen molar-refractivity contribution in [1.29, 1.82) is 0 Å². The standard InChI is InChI=1S/C15H19N3O4/c19-15(17-8-3-1-2-4-9-17)12-22-16-11-13-6-5-7-14(10-13)18(20)21/h5-7,10-11H,1-4,8-9,12H2/b16-11-. The molecule has 22 heavy (non-hydrogen) atoms. The van der Waals surface area contributed by atoms with Crippen molar-refractivity contribution in [3.63, 3.8) is 0 Å². The number of nitro benzene ring substituents is 1. The maximum Gasteiger partial charge on any atom is 0.270 e. The first-order valence-corrected chi connectivity index (χ1v) is 7.34. The number of hydrogen-bond donors (Lipinski definition) is 0. The fraction of sp³-hybridized carbons (Fsp3) is 0.467. The van der Waals surface area contributed by atoms with Gasteiger partial charge in [0.05, 0.1) is 11.1 Å². The highest BCUT2D eigenvalue weighted by Crippen LogP contribution is 2.12. The number of carbonyl (C=O) groups excluding carboxylic acids is 1. The Kier molecular flexibility index (Phi) is 5.88. The summed E-state index contributed by atoms with van der Waals surface area (Å²) in [5.41, 5.74) is 0.543. The Labute approximate surface area is 128 Å². The van der Waals surface area contributed by atoms with Gasteiger partial charge in [-0.1, -0.05) is 30.1 Å². The van der Waals surface area contributed by atoms with Crippen molar-refractivity contribution in [3.8, 4) is 0 Å². The van der Waals surface area contributed by atoms with E-state index in [4.69, 9.17) is 4.84 Å². The van der Waals surface area contributed by atoms with Crippen LogP contribution in [-0.4, -0.2) is 41.6 Å². The molecular formula is C15H19N3O4. The molecule has 0 saturated carbocycles. The Bertz CT molecular complexity index is 551. The summed E-state index contributed by atoms with van der Waals surface area (Å²) in [7, 11) is 0. The minimum atomic E-state index is -0.471. The van der Waals surface area contributed by atoms with E-state index in [0.717, 1.165) is 38.8 Å². The van der Waals surface area contributed by atoms with Crippen molar-refractivity contribution >= 4 is 17.8 Å². The van der Waals surface area contributed by atoms with Crippen LogP contribution in [0.1, 0.15) is 31.2 Å². The molecule has 0 spiro atoms. The van der Waals surface area contributed by atoms with E-state index >= 15 is 0 Å². The van der Waals surface area contributed by atoms with Gasteiger partial charge in [0, 0.05) is 30.8 Å². The lowest BCUT2D eigenvalue weighted by molar-refractivity contribution is -0.384. The molecule has 1 aliphatic rings. The number of rotatable bonds is 5. The largest absolute Gasteiger partial charge is 0.386 e. The van der Waals surface area contributed by atoms with Crippen LogP contribution in [0.2, 0.25) is 0 Å². The molecule has 0 atom stereocenters. The molecule has 118 valence electrons. The lowest BCUT2D eigenvalue weighted by Crippen LogP contribution is -2.34. The zero-order chi connectivity index (χ0) is 15.8. The maximum absolute atomic E-state index is 11.9. The van der Waals surface area contributed by atoms with Crippen LogP contribution in [-0.2, 0) is 9.63 Å². The molecule has 1 fully saturated rings. The van der Waals surface area contributed by atoms with Crippen LogP contribution in [0.15, 0.2) is 29.4 Å². The van der Waals surface area contributed by atoms with E-state index in [2.05, 4.69) is 5.16 Å². The molecule has 0 N–H and O–H groups in total. The van der Waals surface area contributed by atoms with E-state index in [1.165, 1.54) is 18.3 Å². The number of nitro groups is 1. The molecule has 1 aromatic carbocycles. The Hall–Kier alpha value is -2.44. The van der Waals surface area contributed by atoms with Crippen molar-refractivity contribution in [2.45, 2.75) is 25.7 Å². The van der Waals surface area contributed by atoms with Gasteiger partial charge in [0.1, 0.15) is 0 Å². The molecule has 1 saturated heterocycles. The average Bonchev–Trinajstić information content (AvgIpc) is 2.81. The second-order valence-corrected chi connectivity index (χ2v) is 5.16. The summed E-state index contributed by atoms with van der Waals surface area (Å²) in [6, 6.07) is 6.04. The quantitative estimate of drug-likeness (QED) is 0.475. The van der Waals surface area contributed by atoms with Gasteiger partial charge in [-0.3, -0.25) is 14.9 Å². The number of hydrogen-bond acceptors (Lipinski definition) is 5. The van der Waals surface area contributed by atoms with Crippen molar-refractivity contribution in [1.82, 2.24) is 4.90 Å². The third kappa shape index (κ3) is 4.83. The summed E-state index contributed by atoms with van der Waals surface area (Å²) in [5.74, 6) is -0.0712. The third-order valence-electron chi connectivity index (χ3n) is 3.50. The average molecular weight is 305 g/mol. The van der Waals surface area contributed by atoms with Gasteiger partial charge < -0.3 is 9.74 Å². The van der Waals surface area contributed by atoms with Gasteiger partial charge in [-0.15, -0.1) is 0 Å². The van der Waals surface area contributed by atoms with Crippen LogP contribution in [0.25, 0.3) is 0 Å². The molecule has 1 aliphatic heterocycles. The predicted molar refractivity (Wildman–Crippen MR) is 81.7 cm³/mol. The summed E-state index contributed by atoms with van der Waals surface area (Å²) < 4.78 is 0. The van der Waals surface area contributed by atoms with E-state index in [0.29, 0.717) is 5.56 Å². The smallest absolute Gasteiger partial charge is 0.270 e. The van der Waals surface area contributed by atoms with Crippen LogP contribution >= 0.6 is 0 Å². The molecule has 1 heterocycles. The molecular weight excluding hydrogens is 286 g/mol. The van der Waals surface area contributed by atoms with Gasteiger partial charge in [-0.25, -0.2) is 0 Å². The van der Waals surface area contributed by atoms with Gasteiger partial charge >= 0.3 is 0 Å². The van der Waals surface area contributed by atoms with Crippen LogP contribution < -0.4 is 0 Å². The number of nitrogens with zero attached hydrogens (tertiary/aromatic N) is 3. The molecule has 0 unspecified atom stereocenters. The van der Waals surface area contributed by atoms with Crippen LogP contribution in [0.3, 0.4) is 0 Å². The summed E-state index contributed by atoms with van der Waals surface area (Å²) >= 11 is 0. The molecule has 0 bridgehead atoms. The Balaban J connectivity index is 1.81. The minimum Gasteiger partial charge on any atom is -0.386 e. The number of non-ortho nitro benzene ring substituents is 1. The Morgan fingerprint density at radius 3 is 2.73 bits per heavy atom. The summed E-state index contributed by atoms with van der Waals surface area (Å²) in [6.07, 6.45) is 5.75. The van der Waals surface area contributed by atoms with Crippen LogP contribution in [0, 0.1) is 10.1 Å². The highest BCUT2D eigenvalue weighted by atomic mass is 16.6. The number of carbonyl (C=O) groups is 1. The van der Waals surface area contributed by atoms with Gasteiger partial charge in [0.25, 0.3) is 11.6 Å². The molecule has 0 aromatic heterocycles. The van der Waals surface area contributed by atoms with Crippen molar-refractivity contribution in [2.24, 2.45) is 5.16 Å². The SMILES string of the molecule is O=C(CO/N=C\c1cccc([N+](=O)[O-])c1)N1CCCCCC1. The molecule has 1 amide bonds. The topological polar surface area (TPSA) is 85.0 Å². The van der Waals surface area contributed by atoms with E-state index in [1.807, 2.05) is 0 Å². The van der Waals surface area contributed by atoms with Gasteiger partial charge in [-0.05, 0) is 12.8 Å². The first kappa shape index (κ1) is 15.9. The number of benzene rings is 1. The molecule has 2 rings (SSSR count). The first-order chi connectivity index (χ1) is 10.7. The van der Waals surface area contributed by atoms with E-state index in [-0.39, 0.29) is 18.2 Å². The summed E-state index contributed by atoms with van der Waals surface area (Å²) in [6.45, 7) is 1.44.